The maximum absolute atomic E-state index is 13.5. The molecule has 1 saturated heterocycles. The molecule has 0 spiro atoms. The van der Waals surface area contributed by atoms with Gasteiger partial charge in [0, 0.05) is 11.6 Å². The fourth-order valence-corrected chi connectivity index (χ4v) is 2.63. The summed E-state index contributed by atoms with van der Waals surface area (Å²) < 4.78 is 26.9. The van der Waals surface area contributed by atoms with Gasteiger partial charge in [0.15, 0.2) is 0 Å². The Hall–Kier alpha value is -1.49. The van der Waals surface area contributed by atoms with E-state index in [0.717, 1.165) is 25.9 Å². The first-order chi connectivity index (χ1) is 9.58. The number of carbonyl (C=O) groups excluding carboxylic acids is 1. The molecule has 0 radical (unpaired) electrons. The van der Waals surface area contributed by atoms with Crippen molar-refractivity contribution in [2.45, 2.75) is 32.2 Å². The van der Waals surface area contributed by atoms with E-state index < -0.39 is 11.6 Å². The Labute approximate surface area is 117 Å². The Kier molecular flexibility index (Phi) is 5.06. The average molecular weight is 282 g/mol. The van der Waals surface area contributed by atoms with Crippen LogP contribution in [-0.2, 0) is 11.2 Å². The van der Waals surface area contributed by atoms with Gasteiger partial charge in [0.05, 0.1) is 6.42 Å². The van der Waals surface area contributed by atoms with Gasteiger partial charge in [-0.1, -0.05) is 6.07 Å². The predicted octanol–water partition coefficient (Wildman–Crippen LogP) is 2.01. The third-order valence-electron chi connectivity index (χ3n) is 3.88. The van der Waals surface area contributed by atoms with Crippen LogP contribution in [-0.4, -0.2) is 25.0 Å². The number of hydrogen-bond donors (Lipinski definition) is 2. The van der Waals surface area contributed by atoms with E-state index in [4.69, 9.17) is 0 Å². The molecule has 1 aliphatic heterocycles. The van der Waals surface area contributed by atoms with E-state index in [2.05, 4.69) is 10.6 Å². The molecule has 0 saturated carbocycles. The van der Waals surface area contributed by atoms with E-state index in [-0.39, 0.29) is 23.9 Å². The van der Waals surface area contributed by atoms with Gasteiger partial charge >= 0.3 is 0 Å². The summed E-state index contributed by atoms with van der Waals surface area (Å²) in [4.78, 5) is 11.9. The largest absolute Gasteiger partial charge is 0.353 e. The number of nitrogens with one attached hydrogen (secondary N) is 2. The molecule has 0 bridgehead atoms. The highest BCUT2D eigenvalue weighted by Gasteiger charge is 2.22. The van der Waals surface area contributed by atoms with Crippen molar-refractivity contribution < 1.29 is 13.6 Å². The maximum atomic E-state index is 13.5. The molecule has 0 aliphatic carbocycles. The summed E-state index contributed by atoms with van der Waals surface area (Å²) in [6.07, 6.45) is 1.76. The molecule has 2 N–H and O–H groups in total. The standard InChI is InChI=1S/C15H20F2N2O/c1-10(11-5-7-18-8-6-11)19-15(20)9-12-13(16)3-2-4-14(12)17/h2-4,10-11,18H,5-9H2,1H3,(H,19,20). The van der Waals surface area contributed by atoms with E-state index in [1.165, 1.54) is 18.2 Å². The van der Waals surface area contributed by atoms with Gasteiger partial charge in [0.2, 0.25) is 5.91 Å². The lowest BCUT2D eigenvalue weighted by molar-refractivity contribution is -0.121. The van der Waals surface area contributed by atoms with Gasteiger partial charge in [-0.15, -0.1) is 0 Å². The first-order valence-corrected chi connectivity index (χ1v) is 7.01. The van der Waals surface area contributed by atoms with Crippen LogP contribution in [0.1, 0.15) is 25.3 Å². The fraction of sp³-hybridized carbons (Fsp3) is 0.533. The molecule has 3 nitrogen and oxygen atoms in total. The highest BCUT2D eigenvalue weighted by Crippen LogP contribution is 2.17. The van der Waals surface area contributed by atoms with Gasteiger partial charge in [-0.3, -0.25) is 4.79 Å². The molecule has 110 valence electrons. The summed E-state index contributed by atoms with van der Waals surface area (Å²) in [6, 6.07) is 3.66. The van der Waals surface area contributed by atoms with Crippen LogP contribution < -0.4 is 10.6 Å². The quantitative estimate of drug-likeness (QED) is 0.887. The molecule has 1 aromatic rings. The molecular weight excluding hydrogens is 262 g/mol. The first-order valence-electron chi connectivity index (χ1n) is 7.01. The van der Waals surface area contributed by atoms with Crippen LogP contribution in [0.4, 0.5) is 8.78 Å². The highest BCUT2D eigenvalue weighted by molar-refractivity contribution is 5.79. The molecule has 5 heteroatoms. The maximum Gasteiger partial charge on any atom is 0.224 e. The van der Waals surface area contributed by atoms with E-state index >= 15 is 0 Å². The minimum absolute atomic E-state index is 0.0273. The van der Waals surface area contributed by atoms with Gasteiger partial charge < -0.3 is 10.6 Å². The lowest BCUT2D eigenvalue weighted by Gasteiger charge is -2.28. The van der Waals surface area contributed by atoms with E-state index in [1.807, 2.05) is 6.92 Å². The Morgan fingerprint density at radius 1 is 1.35 bits per heavy atom. The van der Waals surface area contributed by atoms with Gasteiger partial charge in [0.25, 0.3) is 0 Å². The first kappa shape index (κ1) is 14.9. The molecule has 1 atom stereocenters. The zero-order valence-corrected chi connectivity index (χ0v) is 11.6. The lowest BCUT2D eigenvalue weighted by atomic mass is 9.91. The van der Waals surface area contributed by atoms with Crippen LogP contribution in [0.3, 0.4) is 0 Å². The minimum atomic E-state index is -0.672. The number of halogens is 2. The van der Waals surface area contributed by atoms with Crippen LogP contribution in [0.5, 0.6) is 0 Å². The van der Waals surface area contributed by atoms with E-state index in [0.29, 0.717) is 5.92 Å². The van der Waals surface area contributed by atoms with Crippen molar-refractivity contribution in [2.75, 3.05) is 13.1 Å². The Bertz CT molecular complexity index is 453. The number of piperidine rings is 1. The number of benzene rings is 1. The van der Waals surface area contributed by atoms with Crippen molar-refractivity contribution in [2.24, 2.45) is 5.92 Å². The summed E-state index contributed by atoms with van der Waals surface area (Å²) in [5.41, 5.74) is -0.164. The Morgan fingerprint density at radius 2 is 1.95 bits per heavy atom. The lowest BCUT2D eigenvalue weighted by Crippen LogP contribution is -2.43. The minimum Gasteiger partial charge on any atom is -0.353 e. The molecule has 1 aliphatic rings. The summed E-state index contributed by atoms with van der Waals surface area (Å²) in [7, 11) is 0. The third-order valence-corrected chi connectivity index (χ3v) is 3.88. The van der Waals surface area contributed by atoms with Gasteiger partial charge in [-0.05, 0) is 50.9 Å². The van der Waals surface area contributed by atoms with E-state index in [1.54, 1.807) is 0 Å². The highest BCUT2D eigenvalue weighted by atomic mass is 19.1. The second-order valence-corrected chi connectivity index (χ2v) is 5.32. The zero-order chi connectivity index (χ0) is 14.5. The normalized spacial score (nSPS) is 17.8. The third kappa shape index (κ3) is 3.76. The molecule has 1 unspecified atom stereocenters. The molecule has 1 heterocycles. The van der Waals surface area contributed by atoms with Crippen LogP contribution in [0.15, 0.2) is 18.2 Å². The van der Waals surface area contributed by atoms with Crippen LogP contribution >= 0.6 is 0 Å². The number of hydrogen-bond acceptors (Lipinski definition) is 2. The van der Waals surface area contributed by atoms with Crippen molar-refractivity contribution in [3.8, 4) is 0 Å². The summed E-state index contributed by atoms with van der Waals surface area (Å²) in [5, 5.41) is 6.12. The van der Waals surface area contributed by atoms with Crippen molar-refractivity contribution in [1.82, 2.24) is 10.6 Å². The van der Waals surface area contributed by atoms with Crippen LogP contribution in [0.25, 0.3) is 0 Å². The van der Waals surface area contributed by atoms with Crippen LogP contribution in [0.2, 0.25) is 0 Å². The van der Waals surface area contributed by atoms with Gasteiger partial charge in [0.1, 0.15) is 11.6 Å². The summed E-state index contributed by atoms with van der Waals surface area (Å²) in [5.74, 6) is -1.25. The second-order valence-electron chi connectivity index (χ2n) is 5.32. The predicted molar refractivity (Wildman–Crippen MR) is 73.3 cm³/mol. The number of amides is 1. The average Bonchev–Trinajstić information content (AvgIpc) is 2.44. The SMILES string of the molecule is CC(NC(=O)Cc1c(F)cccc1F)C1CCNCC1. The van der Waals surface area contributed by atoms with Gasteiger partial charge in [-0.25, -0.2) is 8.78 Å². The van der Waals surface area contributed by atoms with Gasteiger partial charge in [-0.2, -0.15) is 0 Å². The second kappa shape index (κ2) is 6.79. The summed E-state index contributed by atoms with van der Waals surface area (Å²) in [6.45, 7) is 3.85. The molecule has 1 fully saturated rings. The van der Waals surface area contributed by atoms with Crippen LogP contribution in [0, 0.1) is 17.6 Å². The molecule has 1 amide bonds. The zero-order valence-electron chi connectivity index (χ0n) is 11.6. The Balaban J connectivity index is 1.91. The van der Waals surface area contributed by atoms with Crippen molar-refractivity contribution in [1.29, 1.82) is 0 Å². The fourth-order valence-electron chi connectivity index (χ4n) is 2.63. The smallest absolute Gasteiger partial charge is 0.224 e. The molecule has 20 heavy (non-hydrogen) atoms. The molecule has 1 aromatic carbocycles. The Morgan fingerprint density at radius 3 is 2.55 bits per heavy atom. The van der Waals surface area contributed by atoms with Crippen molar-refractivity contribution >= 4 is 5.91 Å². The number of carbonyl (C=O) groups is 1. The van der Waals surface area contributed by atoms with Crippen molar-refractivity contribution in [3.63, 3.8) is 0 Å². The summed E-state index contributed by atoms with van der Waals surface area (Å²) >= 11 is 0. The van der Waals surface area contributed by atoms with Crippen molar-refractivity contribution in [3.05, 3.63) is 35.4 Å². The number of rotatable bonds is 4. The molecule has 2 rings (SSSR count). The monoisotopic (exact) mass is 282 g/mol. The molecule has 0 aromatic heterocycles. The topological polar surface area (TPSA) is 41.1 Å². The molecular formula is C15H20F2N2O. The van der Waals surface area contributed by atoms with E-state index in [9.17, 15) is 13.6 Å².